The number of hydrogen-bond donors (Lipinski definition) is 3. The lowest BCUT2D eigenvalue weighted by molar-refractivity contribution is -0.134. The predicted molar refractivity (Wildman–Crippen MR) is 79.8 cm³/mol. The van der Waals surface area contributed by atoms with Gasteiger partial charge in [0.2, 0.25) is 5.91 Å². The third-order valence-electron chi connectivity index (χ3n) is 5.94. The summed E-state index contributed by atoms with van der Waals surface area (Å²) in [4.78, 5) is 12.9. The third-order valence-corrected chi connectivity index (χ3v) is 5.94. The van der Waals surface area contributed by atoms with E-state index in [4.69, 9.17) is 4.74 Å². The highest BCUT2D eigenvalue weighted by molar-refractivity contribution is 5.84. The average molecular weight is 296 g/mol. The smallest absolute Gasteiger partial charge is 0.227 e. The number of hydrogen-bond acceptors (Lipinski definition) is 4. The summed E-state index contributed by atoms with van der Waals surface area (Å²) in [5.74, 6) is 0.723. The molecule has 0 aromatic heterocycles. The number of aliphatic hydroxyl groups excluding tert-OH is 1. The Morgan fingerprint density at radius 2 is 2.29 bits per heavy atom. The largest absolute Gasteiger partial charge is 0.396 e. The molecule has 0 bridgehead atoms. The molecule has 3 rings (SSSR count). The highest BCUT2D eigenvalue weighted by Crippen LogP contribution is 2.44. The van der Waals surface area contributed by atoms with E-state index in [9.17, 15) is 9.90 Å². The van der Waals surface area contributed by atoms with Crippen LogP contribution in [0.5, 0.6) is 0 Å². The maximum absolute atomic E-state index is 12.9. The number of carbonyl (C=O) groups is 1. The van der Waals surface area contributed by atoms with Crippen LogP contribution in [0, 0.1) is 16.7 Å². The third kappa shape index (κ3) is 2.83. The van der Waals surface area contributed by atoms with Crippen molar-refractivity contribution in [3.8, 4) is 0 Å². The Morgan fingerprint density at radius 1 is 1.38 bits per heavy atom. The van der Waals surface area contributed by atoms with Crippen LogP contribution in [-0.4, -0.2) is 50.5 Å². The molecular formula is C16H28N2O3. The van der Waals surface area contributed by atoms with Crippen LogP contribution < -0.4 is 10.6 Å². The molecule has 0 spiro atoms. The fraction of sp³-hybridized carbons (Fsp3) is 0.938. The van der Waals surface area contributed by atoms with Gasteiger partial charge in [-0.1, -0.05) is 12.8 Å². The van der Waals surface area contributed by atoms with Crippen LogP contribution in [0.4, 0.5) is 0 Å². The first-order chi connectivity index (χ1) is 10.2. The van der Waals surface area contributed by atoms with Gasteiger partial charge in [0.05, 0.1) is 12.0 Å². The Morgan fingerprint density at radius 3 is 3.05 bits per heavy atom. The van der Waals surface area contributed by atoms with Gasteiger partial charge in [-0.05, 0) is 38.1 Å². The lowest BCUT2D eigenvalue weighted by Gasteiger charge is -2.38. The summed E-state index contributed by atoms with van der Waals surface area (Å²) >= 11 is 0. The summed E-state index contributed by atoms with van der Waals surface area (Å²) < 4.78 is 5.50. The maximum Gasteiger partial charge on any atom is 0.227 e. The molecule has 2 saturated heterocycles. The highest BCUT2D eigenvalue weighted by atomic mass is 16.5. The van der Waals surface area contributed by atoms with Crippen molar-refractivity contribution in [1.29, 1.82) is 0 Å². The van der Waals surface area contributed by atoms with E-state index in [0.717, 1.165) is 39.0 Å². The fourth-order valence-electron chi connectivity index (χ4n) is 4.45. The van der Waals surface area contributed by atoms with E-state index in [0.29, 0.717) is 25.5 Å². The second-order valence-corrected chi connectivity index (χ2v) is 7.19. The summed E-state index contributed by atoms with van der Waals surface area (Å²) in [5.41, 5.74) is -0.241. The molecule has 3 fully saturated rings. The zero-order valence-electron chi connectivity index (χ0n) is 12.8. The highest BCUT2D eigenvalue weighted by Gasteiger charge is 2.50. The van der Waals surface area contributed by atoms with E-state index in [-0.39, 0.29) is 23.3 Å². The number of aliphatic hydroxyl groups is 1. The lowest BCUT2D eigenvalue weighted by atomic mass is 9.67. The van der Waals surface area contributed by atoms with Gasteiger partial charge in [0.25, 0.3) is 0 Å². The molecule has 3 aliphatic rings. The molecule has 21 heavy (non-hydrogen) atoms. The van der Waals surface area contributed by atoms with Gasteiger partial charge in [-0.2, -0.15) is 0 Å². The second-order valence-electron chi connectivity index (χ2n) is 7.19. The van der Waals surface area contributed by atoms with Gasteiger partial charge >= 0.3 is 0 Å². The van der Waals surface area contributed by atoms with Crippen LogP contribution >= 0.6 is 0 Å². The van der Waals surface area contributed by atoms with Crippen molar-refractivity contribution in [1.82, 2.24) is 10.6 Å². The lowest BCUT2D eigenvalue weighted by Crippen LogP contribution is -2.50. The molecule has 1 unspecified atom stereocenters. The Hall–Kier alpha value is -0.650. The van der Waals surface area contributed by atoms with E-state index < -0.39 is 0 Å². The minimum Gasteiger partial charge on any atom is -0.396 e. The first kappa shape index (κ1) is 15.3. The van der Waals surface area contributed by atoms with Crippen LogP contribution in [0.2, 0.25) is 0 Å². The molecule has 1 aliphatic carbocycles. The van der Waals surface area contributed by atoms with Crippen LogP contribution in [-0.2, 0) is 9.53 Å². The van der Waals surface area contributed by atoms with Crippen molar-refractivity contribution in [2.24, 2.45) is 16.7 Å². The van der Waals surface area contributed by atoms with Gasteiger partial charge in [0, 0.05) is 31.7 Å². The normalized spacial score (nSPS) is 39.2. The van der Waals surface area contributed by atoms with E-state index in [1.54, 1.807) is 0 Å². The van der Waals surface area contributed by atoms with Gasteiger partial charge in [0.1, 0.15) is 0 Å². The number of nitrogens with one attached hydrogen (secondary N) is 2. The molecular weight excluding hydrogens is 268 g/mol. The van der Waals surface area contributed by atoms with Crippen molar-refractivity contribution in [3.05, 3.63) is 0 Å². The van der Waals surface area contributed by atoms with E-state index in [1.807, 2.05) is 0 Å². The van der Waals surface area contributed by atoms with Crippen molar-refractivity contribution < 1.29 is 14.6 Å². The van der Waals surface area contributed by atoms with Gasteiger partial charge in [-0.15, -0.1) is 0 Å². The number of rotatable bonds is 5. The number of ether oxygens (including phenoxy) is 1. The van der Waals surface area contributed by atoms with Gasteiger partial charge < -0.3 is 20.5 Å². The molecule has 3 N–H and O–H groups in total. The second kappa shape index (κ2) is 6.23. The Labute approximate surface area is 126 Å². The van der Waals surface area contributed by atoms with Gasteiger partial charge in [-0.3, -0.25) is 4.79 Å². The summed E-state index contributed by atoms with van der Waals surface area (Å²) in [5, 5.41) is 15.9. The Balaban J connectivity index is 1.63. The van der Waals surface area contributed by atoms with Crippen LogP contribution in [0.1, 0.15) is 38.5 Å². The summed E-state index contributed by atoms with van der Waals surface area (Å²) in [6.45, 7) is 4.01. The first-order valence-electron chi connectivity index (χ1n) is 8.38. The average Bonchev–Trinajstić information content (AvgIpc) is 3.13. The Bertz CT molecular complexity index is 382. The van der Waals surface area contributed by atoms with Gasteiger partial charge in [0.15, 0.2) is 0 Å². The van der Waals surface area contributed by atoms with Crippen molar-refractivity contribution in [2.45, 2.75) is 38.5 Å². The van der Waals surface area contributed by atoms with Gasteiger partial charge in [-0.25, -0.2) is 0 Å². The minimum atomic E-state index is -0.182. The van der Waals surface area contributed by atoms with E-state index >= 15 is 0 Å². The van der Waals surface area contributed by atoms with Crippen LogP contribution in [0.25, 0.3) is 0 Å². The molecule has 120 valence electrons. The molecule has 1 amide bonds. The zero-order valence-corrected chi connectivity index (χ0v) is 12.8. The number of amides is 1. The molecule has 2 heterocycles. The van der Waals surface area contributed by atoms with Crippen LogP contribution in [0.15, 0.2) is 0 Å². The minimum absolute atomic E-state index is 0.0583. The van der Waals surface area contributed by atoms with E-state index in [1.165, 1.54) is 12.8 Å². The quantitative estimate of drug-likeness (QED) is 0.697. The summed E-state index contributed by atoms with van der Waals surface area (Å²) in [7, 11) is 0. The Kier molecular flexibility index (Phi) is 4.52. The number of carbonyl (C=O) groups excluding carboxylic acids is 1. The van der Waals surface area contributed by atoms with Crippen LogP contribution in [0.3, 0.4) is 0 Å². The molecule has 1 saturated carbocycles. The predicted octanol–water partition coefficient (Wildman–Crippen LogP) is 0.671. The summed E-state index contributed by atoms with van der Waals surface area (Å²) in [6, 6.07) is 0. The van der Waals surface area contributed by atoms with E-state index in [2.05, 4.69) is 10.6 Å². The topological polar surface area (TPSA) is 70.6 Å². The summed E-state index contributed by atoms with van der Waals surface area (Å²) in [6.07, 6.45) is 6.25. The standard InChI is InChI=1S/C16H28N2O3/c19-7-5-15(6-8-21-12-15)10-18-14(20)16-4-2-1-3-13(16)9-17-11-16/h13,17,19H,1-12H2,(H,18,20)/t13-,15?,16+/m0/s1. The zero-order chi connectivity index (χ0) is 14.8. The SMILES string of the molecule is O=C(NCC1(CCO)CCOC1)[C@@]12CCCC[C@H]1CNC2. The molecule has 0 aromatic carbocycles. The molecule has 5 nitrogen and oxygen atoms in total. The molecule has 5 heteroatoms. The molecule has 3 atom stereocenters. The number of fused-ring (bicyclic) bond motifs is 1. The maximum atomic E-state index is 12.9. The molecule has 2 aliphatic heterocycles. The first-order valence-corrected chi connectivity index (χ1v) is 8.38. The molecule has 0 aromatic rings. The fourth-order valence-corrected chi connectivity index (χ4v) is 4.45. The van der Waals surface area contributed by atoms with Crippen molar-refractivity contribution >= 4 is 5.91 Å². The van der Waals surface area contributed by atoms with Crippen molar-refractivity contribution in [3.63, 3.8) is 0 Å². The van der Waals surface area contributed by atoms with Crippen molar-refractivity contribution in [2.75, 3.05) is 39.5 Å². The molecule has 0 radical (unpaired) electrons. The monoisotopic (exact) mass is 296 g/mol.